The van der Waals surface area contributed by atoms with Crippen LogP contribution >= 0.6 is 0 Å². The molecule has 2 aliphatic rings. The van der Waals surface area contributed by atoms with Gasteiger partial charge in [0.15, 0.2) is 11.5 Å². The van der Waals surface area contributed by atoms with E-state index in [9.17, 15) is 14.7 Å². The largest absolute Gasteiger partial charge is 0.486 e. The molecule has 0 spiro atoms. The fourth-order valence-corrected chi connectivity index (χ4v) is 3.70. The first-order valence-electron chi connectivity index (χ1n) is 8.84. The number of fused-ring (bicyclic) bond motifs is 1. The van der Waals surface area contributed by atoms with Crippen molar-refractivity contribution in [3.63, 3.8) is 0 Å². The van der Waals surface area contributed by atoms with Crippen molar-refractivity contribution in [2.24, 2.45) is 0 Å². The van der Waals surface area contributed by atoms with Crippen LogP contribution in [0.3, 0.4) is 0 Å². The molecule has 1 saturated heterocycles. The molecular formula is C20H20N2O5. The predicted octanol–water partition coefficient (Wildman–Crippen LogP) is 2.57. The Morgan fingerprint density at radius 3 is 2.59 bits per heavy atom. The summed E-state index contributed by atoms with van der Waals surface area (Å²) in [5, 5.41) is 11.7. The SMILES string of the molecule is O=C(O)N[C@@H]1CC(=O)N(Cc2ccccc2)[C@H]1c1ccc2c(c1)OCCO2. The van der Waals surface area contributed by atoms with Crippen molar-refractivity contribution in [1.82, 2.24) is 10.2 Å². The first kappa shape index (κ1) is 17.2. The number of nitrogens with zero attached hydrogens (tertiary/aromatic N) is 1. The van der Waals surface area contributed by atoms with E-state index in [0.29, 0.717) is 31.3 Å². The molecule has 2 amide bonds. The molecule has 2 aromatic carbocycles. The molecule has 2 aromatic rings. The molecule has 7 heteroatoms. The number of hydrogen-bond acceptors (Lipinski definition) is 4. The van der Waals surface area contributed by atoms with Gasteiger partial charge in [0.25, 0.3) is 0 Å². The highest BCUT2D eigenvalue weighted by molar-refractivity contribution is 5.81. The lowest BCUT2D eigenvalue weighted by Crippen LogP contribution is -2.39. The average molecular weight is 368 g/mol. The van der Waals surface area contributed by atoms with E-state index in [2.05, 4.69) is 5.32 Å². The van der Waals surface area contributed by atoms with Gasteiger partial charge in [0.05, 0.1) is 12.1 Å². The molecule has 1 fully saturated rings. The molecule has 2 heterocycles. The van der Waals surface area contributed by atoms with E-state index in [1.165, 1.54) is 0 Å². The van der Waals surface area contributed by atoms with E-state index in [-0.39, 0.29) is 12.3 Å². The van der Waals surface area contributed by atoms with Crippen molar-refractivity contribution < 1.29 is 24.2 Å². The van der Waals surface area contributed by atoms with Crippen LogP contribution in [0.25, 0.3) is 0 Å². The summed E-state index contributed by atoms with van der Waals surface area (Å²) in [6, 6.07) is 14.2. The second-order valence-corrected chi connectivity index (χ2v) is 6.62. The van der Waals surface area contributed by atoms with E-state index in [4.69, 9.17) is 9.47 Å². The average Bonchev–Trinajstić information content (AvgIpc) is 2.96. The van der Waals surface area contributed by atoms with Gasteiger partial charge < -0.3 is 24.8 Å². The molecule has 0 saturated carbocycles. The van der Waals surface area contributed by atoms with Crippen LogP contribution in [0.4, 0.5) is 4.79 Å². The smallest absolute Gasteiger partial charge is 0.404 e. The minimum absolute atomic E-state index is 0.0857. The van der Waals surface area contributed by atoms with Crippen LogP contribution in [0.2, 0.25) is 0 Å². The Morgan fingerprint density at radius 2 is 1.85 bits per heavy atom. The molecule has 2 N–H and O–H groups in total. The maximum Gasteiger partial charge on any atom is 0.404 e. The minimum Gasteiger partial charge on any atom is -0.486 e. The highest BCUT2D eigenvalue weighted by Gasteiger charge is 2.41. The number of hydrogen-bond donors (Lipinski definition) is 2. The molecule has 0 bridgehead atoms. The van der Waals surface area contributed by atoms with Gasteiger partial charge >= 0.3 is 6.09 Å². The predicted molar refractivity (Wildman–Crippen MR) is 96.7 cm³/mol. The maximum absolute atomic E-state index is 12.7. The number of nitrogens with one attached hydrogen (secondary N) is 1. The third-order valence-electron chi connectivity index (χ3n) is 4.84. The van der Waals surface area contributed by atoms with E-state index >= 15 is 0 Å². The number of amides is 2. The summed E-state index contributed by atoms with van der Waals surface area (Å²) < 4.78 is 11.2. The zero-order valence-corrected chi connectivity index (χ0v) is 14.6. The second-order valence-electron chi connectivity index (χ2n) is 6.62. The van der Waals surface area contributed by atoms with Crippen LogP contribution in [-0.2, 0) is 11.3 Å². The number of carboxylic acid groups (broad SMARTS) is 1. The standard InChI is InChI=1S/C20H20N2O5/c23-18-11-15(21-20(24)25)19(22(18)12-13-4-2-1-3-5-13)14-6-7-16-17(10-14)27-9-8-26-16/h1-7,10,15,19,21H,8-9,11-12H2,(H,24,25)/t15-,19+/m1/s1. The lowest BCUT2D eigenvalue weighted by molar-refractivity contribution is -0.129. The van der Waals surface area contributed by atoms with Gasteiger partial charge in [0, 0.05) is 13.0 Å². The number of ether oxygens (including phenoxy) is 2. The third kappa shape index (κ3) is 3.53. The van der Waals surface area contributed by atoms with Gasteiger partial charge in [-0.2, -0.15) is 0 Å². The van der Waals surface area contributed by atoms with Gasteiger partial charge in [-0.25, -0.2) is 4.79 Å². The zero-order valence-electron chi connectivity index (χ0n) is 14.6. The van der Waals surface area contributed by atoms with Crippen molar-refractivity contribution in [3.05, 3.63) is 59.7 Å². The molecular weight excluding hydrogens is 348 g/mol. The molecule has 140 valence electrons. The Labute approximate surface area is 156 Å². The van der Waals surface area contributed by atoms with Crippen LogP contribution in [0, 0.1) is 0 Å². The summed E-state index contributed by atoms with van der Waals surface area (Å²) in [5.41, 5.74) is 1.81. The van der Waals surface area contributed by atoms with Crippen LogP contribution in [0.5, 0.6) is 11.5 Å². The topological polar surface area (TPSA) is 88.1 Å². The van der Waals surface area contributed by atoms with Gasteiger partial charge in [-0.05, 0) is 23.3 Å². The highest BCUT2D eigenvalue weighted by Crippen LogP contribution is 2.39. The van der Waals surface area contributed by atoms with Crippen molar-refractivity contribution in [2.75, 3.05) is 13.2 Å². The molecule has 0 aliphatic carbocycles. The summed E-state index contributed by atoms with van der Waals surface area (Å²) in [6.45, 7) is 1.37. The van der Waals surface area contributed by atoms with E-state index in [1.54, 1.807) is 4.90 Å². The van der Waals surface area contributed by atoms with Gasteiger partial charge in [0.2, 0.25) is 5.91 Å². The van der Waals surface area contributed by atoms with Gasteiger partial charge in [-0.3, -0.25) is 4.79 Å². The Bertz CT molecular complexity index is 855. The molecule has 2 atom stereocenters. The van der Waals surface area contributed by atoms with Gasteiger partial charge in [-0.15, -0.1) is 0 Å². The first-order chi connectivity index (χ1) is 13.1. The van der Waals surface area contributed by atoms with E-state index in [0.717, 1.165) is 11.1 Å². The number of likely N-dealkylation sites (tertiary alicyclic amines) is 1. The van der Waals surface area contributed by atoms with Crippen molar-refractivity contribution in [3.8, 4) is 11.5 Å². The van der Waals surface area contributed by atoms with Crippen LogP contribution < -0.4 is 14.8 Å². The number of benzene rings is 2. The van der Waals surface area contributed by atoms with Gasteiger partial charge in [0.1, 0.15) is 13.2 Å². The van der Waals surface area contributed by atoms with E-state index in [1.807, 2.05) is 48.5 Å². The third-order valence-corrected chi connectivity index (χ3v) is 4.84. The number of carbonyl (C=O) groups is 2. The number of rotatable bonds is 4. The minimum atomic E-state index is -1.14. The lowest BCUT2D eigenvalue weighted by atomic mass is 9.99. The van der Waals surface area contributed by atoms with Crippen LogP contribution in [0.15, 0.2) is 48.5 Å². The van der Waals surface area contributed by atoms with Crippen molar-refractivity contribution >= 4 is 12.0 Å². The van der Waals surface area contributed by atoms with Gasteiger partial charge in [-0.1, -0.05) is 36.4 Å². The van der Waals surface area contributed by atoms with Crippen molar-refractivity contribution in [2.45, 2.75) is 25.0 Å². The summed E-state index contributed by atoms with van der Waals surface area (Å²) in [4.78, 5) is 25.7. The summed E-state index contributed by atoms with van der Waals surface area (Å²) in [6.07, 6.45) is -1.02. The molecule has 0 aromatic heterocycles. The summed E-state index contributed by atoms with van der Waals surface area (Å²) >= 11 is 0. The fourth-order valence-electron chi connectivity index (χ4n) is 3.70. The lowest BCUT2D eigenvalue weighted by Gasteiger charge is -2.30. The molecule has 0 unspecified atom stereocenters. The van der Waals surface area contributed by atoms with Crippen molar-refractivity contribution in [1.29, 1.82) is 0 Å². The normalized spacial score (nSPS) is 21.2. The molecule has 27 heavy (non-hydrogen) atoms. The molecule has 7 nitrogen and oxygen atoms in total. The van der Waals surface area contributed by atoms with Crippen LogP contribution in [-0.4, -0.2) is 41.3 Å². The molecule has 0 radical (unpaired) electrons. The Hall–Kier alpha value is -3.22. The van der Waals surface area contributed by atoms with Crippen LogP contribution in [0.1, 0.15) is 23.6 Å². The number of carbonyl (C=O) groups excluding carboxylic acids is 1. The molecule has 4 rings (SSSR count). The summed E-state index contributed by atoms with van der Waals surface area (Å²) in [7, 11) is 0. The maximum atomic E-state index is 12.7. The highest BCUT2D eigenvalue weighted by atomic mass is 16.6. The quantitative estimate of drug-likeness (QED) is 0.866. The Kier molecular flexibility index (Phi) is 4.58. The summed E-state index contributed by atoms with van der Waals surface area (Å²) in [5.74, 6) is 1.19. The Balaban J connectivity index is 1.68. The second kappa shape index (κ2) is 7.19. The molecule has 2 aliphatic heterocycles. The first-order valence-corrected chi connectivity index (χ1v) is 8.84. The fraction of sp³-hybridized carbons (Fsp3) is 0.300. The monoisotopic (exact) mass is 368 g/mol. The Morgan fingerprint density at radius 1 is 1.11 bits per heavy atom. The zero-order chi connectivity index (χ0) is 18.8. The van der Waals surface area contributed by atoms with E-state index < -0.39 is 18.2 Å².